The summed E-state index contributed by atoms with van der Waals surface area (Å²) >= 11 is 0. The molecule has 0 aliphatic carbocycles. The van der Waals surface area contributed by atoms with Crippen molar-refractivity contribution in [1.29, 1.82) is 0 Å². The summed E-state index contributed by atoms with van der Waals surface area (Å²) in [5.74, 6) is 1.56. The molecule has 0 atom stereocenters. The Labute approximate surface area is 142 Å². The molecule has 5 nitrogen and oxygen atoms in total. The van der Waals surface area contributed by atoms with Crippen LogP contribution in [0.25, 0.3) is 0 Å². The molecule has 0 saturated carbocycles. The molecule has 0 aliphatic heterocycles. The van der Waals surface area contributed by atoms with Gasteiger partial charge in [0, 0.05) is 0 Å². The number of para-hydroxylation sites is 1. The van der Waals surface area contributed by atoms with Crippen LogP contribution in [0.1, 0.15) is 21.5 Å². The number of rotatable bonds is 7. The van der Waals surface area contributed by atoms with Gasteiger partial charge in [-0.2, -0.15) is 0 Å². The fraction of sp³-hybridized carbons (Fsp3) is 0.316. The molecule has 0 spiro atoms. The van der Waals surface area contributed by atoms with E-state index in [0.29, 0.717) is 30.2 Å². The summed E-state index contributed by atoms with van der Waals surface area (Å²) in [6.07, 6.45) is 0. The van der Waals surface area contributed by atoms with Gasteiger partial charge in [0.05, 0.1) is 20.8 Å². The van der Waals surface area contributed by atoms with E-state index in [9.17, 15) is 4.79 Å². The minimum atomic E-state index is -0.255. The summed E-state index contributed by atoms with van der Waals surface area (Å²) in [6, 6.07) is 11.2. The van der Waals surface area contributed by atoms with Crippen molar-refractivity contribution < 1.29 is 19.0 Å². The predicted molar refractivity (Wildman–Crippen MR) is 93.3 cm³/mol. The molecular weight excluding hydrogens is 306 g/mol. The van der Waals surface area contributed by atoms with Crippen LogP contribution in [0.4, 0.5) is 0 Å². The van der Waals surface area contributed by atoms with Crippen molar-refractivity contribution in [2.75, 3.05) is 27.4 Å². The Hall–Kier alpha value is -2.69. The van der Waals surface area contributed by atoms with Crippen molar-refractivity contribution in [2.45, 2.75) is 13.8 Å². The third-order valence-corrected chi connectivity index (χ3v) is 3.70. The van der Waals surface area contributed by atoms with Gasteiger partial charge in [-0.05, 0) is 37.1 Å². The first kappa shape index (κ1) is 17.7. The first-order valence-corrected chi connectivity index (χ1v) is 7.76. The highest BCUT2D eigenvalue weighted by Gasteiger charge is 2.17. The highest BCUT2D eigenvalue weighted by atomic mass is 16.5. The molecule has 2 rings (SSSR count). The van der Waals surface area contributed by atoms with E-state index in [-0.39, 0.29) is 5.91 Å². The van der Waals surface area contributed by atoms with Gasteiger partial charge in [-0.1, -0.05) is 24.3 Å². The van der Waals surface area contributed by atoms with Crippen molar-refractivity contribution in [3.05, 3.63) is 53.1 Å². The van der Waals surface area contributed by atoms with Crippen LogP contribution in [0.5, 0.6) is 17.2 Å². The summed E-state index contributed by atoms with van der Waals surface area (Å²) in [7, 11) is 3.05. The standard InChI is InChI=1S/C19H23NO4/c1-13-7-5-8-14(2)18(13)24-12-11-20-19(21)17-15(22-3)9-6-10-16(17)23-4/h5-10H,11-12H2,1-4H3,(H,20,21). The average Bonchev–Trinajstić information content (AvgIpc) is 2.59. The third kappa shape index (κ3) is 3.98. The number of carbonyl (C=O) groups excluding carboxylic acids is 1. The van der Waals surface area contributed by atoms with E-state index >= 15 is 0 Å². The van der Waals surface area contributed by atoms with Gasteiger partial charge >= 0.3 is 0 Å². The molecule has 0 unspecified atom stereocenters. The highest BCUT2D eigenvalue weighted by molar-refractivity contribution is 5.99. The van der Waals surface area contributed by atoms with E-state index in [0.717, 1.165) is 16.9 Å². The second kappa shape index (κ2) is 8.24. The van der Waals surface area contributed by atoms with Crippen molar-refractivity contribution in [1.82, 2.24) is 5.32 Å². The van der Waals surface area contributed by atoms with Gasteiger partial charge in [0.1, 0.15) is 29.4 Å². The monoisotopic (exact) mass is 329 g/mol. The molecule has 0 fully saturated rings. The van der Waals surface area contributed by atoms with Gasteiger partial charge in [0.25, 0.3) is 5.91 Å². The summed E-state index contributed by atoms with van der Waals surface area (Å²) in [5, 5.41) is 2.83. The van der Waals surface area contributed by atoms with Crippen molar-refractivity contribution >= 4 is 5.91 Å². The zero-order valence-electron chi connectivity index (χ0n) is 14.5. The number of amides is 1. The van der Waals surface area contributed by atoms with E-state index < -0.39 is 0 Å². The van der Waals surface area contributed by atoms with Crippen LogP contribution < -0.4 is 19.5 Å². The maximum atomic E-state index is 12.4. The number of nitrogens with one attached hydrogen (secondary N) is 1. The van der Waals surface area contributed by atoms with Gasteiger partial charge < -0.3 is 19.5 Å². The first-order valence-electron chi connectivity index (χ1n) is 7.76. The Morgan fingerprint density at radius 1 is 0.958 bits per heavy atom. The van der Waals surface area contributed by atoms with Gasteiger partial charge in [0.15, 0.2) is 0 Å². The Morgan fingerprint density at radius 3 is 2.04 bits per heavy atom. The molecule has 1 amide bonds. The molecule has 0 heterocycles. The molecule has 2 aromatic carbocycles. The molecule has 24 heavy (non-hydrogen) atoms. The van der Waals surface area contributed by atoms with E-state index in [4.69, 9.17) is 14.2 Å². The number of methoxy groups -OCH3 is 2. The SMILES string of the molecule is COc1cccc(OC)c1C(=O)NCCOc1c(C)cccc1C. The third-order valence-electron chi connectivity index (χ3n) is 3.70. The summed E-state index contributed by atoms with van der Waals surface area (Å²) in [4.78, 5) is 12.4. The molecule has 0 radical (unpaired) electrons. The highest BCUT2D eigenvalue weighted by Crippen LogP contribution is 2.28. The molecule has 5 heteroatoms. The van der Waals surface area contributed by atoms with E-state index in [1.165, 1.54) is 14.2 Å². The van der Waals surface area contributed by atoms with Crippen LogP contribution in [-0.4, -0.2) is 33.3 Å². The molecule has 2 aromatic rings. The lowest BCUT2D eigenvalue weighted by atomic mass is 10.1. The molecular formula is C19H23NO4. The number of hydrogen-bond donors (Lipinski definition) is 1. The normalized spacial score (nSPS) is 10.2. The molecule has 0 aliphatic rings. The Bertz CT molecular complexity index is 670. The van der Waals surface area contributed by atoms with Crippen molar-refractivity contribution in [2.24, 2.45) is 0 Å². The molecule has 0 saturated heterocycles. The minimum Gasteiger partial charge on any atom is -0.496 e. The molecule has 0 bridgehead atoms. The maximum Gasteiger partial charge on any atom is 0.258 e. The zero-order chi connectivity index (χ0) is 17.5. The van der Waals surface area contributed by atoms with Gasteiger partial charge in [0.2, 0.25) is 0 Å². The van der Waals surface area contributed by atoms with Gasteiger partial charge in [-0.25, -0.2) is 0 Å². The summed E-state index contributed by atoms with van der Waals surface area (Å²) in [6.45, 7) is 4.77. The van der Waals surface area contributed by atoms with Gasteiger partial charge in [-0.3, -0.25) is 4.79 Å². The first-order chi connectivity index (χ1) is 11.6. The number of hydrogen-bond acceptors (Lipinski definition) is 4. The van der Waals surface area contributed by atoms with Crippen molar-refractivity contribution in [3.8, 4) is 17.2 Å². The maximum absolute atomic E-state index is 12.4. The van der Waals surface area contributed by atoms with Crippen LogP contribution >= 0.6 is 0 Å². The largest absolute Gasteiger partial charge is 0.496 e. The smallest absolute Gasteiger partial charge is 0.258 e. The Morgan fingerprint density at radius 2 is 1.50 bits per heavy atom. The fourth-order valence-electron chi connectivity index (χ4n) is 2.51. The molecule has 128 valence electrons. The Balaban J connectivity index is 1.97. The van der Waals surface area contributed by atoms with E-state index in [1.807, 2.05) is 32.0 Å². The summed E-state index contributed by atoms with van der Waals surface area (Å²) in [5.41, 5.74) is 2.54. The molecule has 1 N–H and O–H groups in total. The predicted octanol–water partition coefficient (Wildman–Crippen LogP) is 3.13. The quantitative estimate of drug-likeness (QED) is 0.793. The van der Waals surface area contributed by atoms with Crippen LogP contribution in [0.3, 0.4) is 0 Å². The van der Waals surface area contributed by atoms with Crippen LogP contribution in [-0.2, 0) is 0 Å². The topological polar surface area (TPSA) is 56.8 Å². The number of aryl methyl sites for hydroxylation is 2. The Kier molecular flexibility index (Phi) is 6.07. The fourth-order valence-corrected chi connectivity index (χ4v) is 2.51. The lowest BCUT2D eigenvalue weighted by Crippen LogP contribution is -2.29. The zero-order valence-corrected chi connectivity index (χ0v) is 14.5. The van der Waals surface area contributed by atoms with Crippen LogP contribution in [0.2, 0.25) is 0 Å². The summed E-state index contributed by atoms with van der Waals surface area (Å²) < 4.78 is 16.3. The number of ether oxygens (including phenoxy) is 3. The van der Waals surface area contributed by atoms with Gasteiger partial charge in [-0.15, -0.1) is 0 Å². The number of benzene rings is 2. The van der Waals surface area contributed by atoms with Crippen LogP contribution in [0.15, 0.2) is 36.4 Å². The number of carbonyl (C=O) groups is 1. The second-order valence-electron chi connectivity index (χ2n) is 5.36. The average molecular weight is 329 g/mol. The molecule has 0 aromatic heterocycles. The lowest BCUT2D eigenvalue weighted by Gasteiger charge is -2.14. The van der Waals surface area contributed by atoms with Crippen LogP contribution in [0, 0.1) is 13.8 Å². The second-order valence-corrected chi connectivity index (χ2v) is 5.36. The minimum absolute atomic E-state index is 0.255. The van der Waals surface area contributed by atoms with Crippen molar-refractivity contribution in [3.63, 3.8) is 0 Å². The van der Waals surface area contributed by atoms with E-state index in [2.05, 4.69) is 5.32 Å². The lowest BCUT2D eigenvalue weighted by molar-refractivity contribution is 0.0940. The van der Waals surface area contributed by atoms with E-state index in [1.54, 1.807) is 18.2 Å².